The number of hydrogen-bond donors (Lipinski definition) is 0. The zero-order chi connectivity index (χ0) is 13.5. The van der Waals surface area contributed by atoms with Crippen molar-refractivity contribution in [2.45, 2.75) is 75.5 Å². The molecule has 4 fully saturated rings. The molecule has 0 radical (unpaired) electrons. The third-order valence-electron chi connectivity index (χ3n) is 6.67. The number of fused-ring (bicyclic) bond motifs is 3. The van der Waals surface area contributed by atoms with Crippen LogP contribution in [0.2, 0.25) is 0 Å². The fourth-order valence-corrected chi connectivity index (χ4v) is 5.45. The van der Waals surface area contributed by atoms with Gasteiger partial charge in [-0.15, -0.1) is 0 Å². The molecule has 3 nitrogen and oxygen atoms in total. The van der Waals surface area contributed by atoms with E-state index in [1.807, 2.05) is 0 Å². The quantitative estimate of drug-likeness (QED) is 0.727. The van der Waals surface area contributed by atoms with Gasteiger partial charge in [-0.1, -0.05) is 6.42 Å². The average Bonchev–Trinajstić information content (AvgIpc) is 2.76. The van der Waals surface area contributed by atoms with Gasteiger partial charge >= 0.3 is 0 Å². The smallest absolute Gasteiger partial charge is 0.0223 e. The SMILES string of the molecule is CN1C2CCCC1CC(N1CCCN3CCCC3C1)C2. The molecule has 3 heteroatoms. The molecule has 0 aliphatic carbocycles. The Labute approximate surface area is 124 Å². The van der Waals surface area contributed by atoms with Crippen LogP contribution in [0, 0.1) is 0 Å². The molecular formula is C17H31N3. The van der Waals surface area contributed by atoms with Crippen molar-refractivity contribution in [1.82, 2.24) is 14.7 Å². The van der Waals surface area contributed by atoms with Gasteiger partial charge in [-0.05, 0) is 71.6 Å². The first kappa shape index (κ1) is 13.5. The molecule has 0 aromatic heterocycles. The Kier molecular flexibility index (Phi) is 3.78. The second-order valence-corrected chi connectivity index (χ2v) is 7.71. The van der Waals surface area contributed by atoms with Crippen molar-refractivity contribution in [3.05, 3.63) is 0 Å². The summed E-state index contributed by atoms with van der Waals surface area (Å²) < 4.78 is 0. The van der Waals surface area contributed by atoms with Crippen LogP contribution in [0.3, 0.4) is 0 Å². The van der Waals surface area contributed by atoms with Crippen LogP contribution in [0.15, 0.2) is 0 Å². The van der Waals surface area contributed by atoms with Crippen LogP contribution in [0.1, 0.15) is 51.4 Å². The molecule has 0 saturated carbocycles. The number of piperidine rings is 2. The van der Waals surface area contributed by atoms with E-state index >= 15 is 0 Å². The maximum absolute atomic E-state index is 2.90. The Morgan fingerprint density at radius 2 is 1.30 bits per heavy atom. The van der Waals surface area contributed by atoms with E-state index in [1.165, 1.54) is 77.5 Å². The van der Waals surface area contributed by atoms with Gasteiger partial charge in [0.25, 0.3) is 0 Å². The minimum atomic E-state index is 0.885. The van der Waals surface area contributed by atoms with Crippen molar-refractivity contribution < 1.29 is 0 Å². The van der Waals surface area contributed by atoms with Crippen LogP contribution in [0.25, 0.3) is 0 Å². The molecule has 3 unspecified atom stereocenters. The highest BCUT2D eigenvalue weighted by atomic mass is 15.3. The van der Waals surface area contributed by atoms with Crippen molar-refractivity contribution >= 4 is 0 Å². The first-order chi connectivity index (χ1) is 9.81. The minimum Gasteiger partial charge on any atom is -0.300 e. The molecule has 20 heavy (non-hydrogen) atoms. The van der Waals surface area contributed by atoms with E-state index in [9.17, 15) is 0 Å². The van der Waals surface area contributed by atoms with E-state index < -0.39 is 0 Å². The van der Waals surface area contributed by atoms with E-state index in [1.54, 1.807) is 0 Å². The lowest BCUT2D eigenvalue weighted by molar-refractivity contribution is 0.00727. The lowest BCUT2D eigenvalue weighted by atomic mass is 9.81. The average molecular weight is 277 g/mol. The summed E-state index contributed by atoms with van der Waals surface area (Å²) in [6.45, 7) is 5.46. The molecule has 4 rings (SSSR count). The maximum atomic E-state index is 2.90. The summed E-state index contributed by atoms with van der Waals surface area (Å²) in [5.74, 6) is 0. The van der Waals surface area contributed by atoms with Gasteiger partial charge in [0.1, 0.15) is 0 Å². The Morgan fingerprint density at radius 3 is 2.10 bits per heavy atom. The Balaban J connectivity index is 1.44. The fourth-order valence-electron chi connectivity index (χ4n) is 5.45. The second-order valence-electron chi connectivity index (χ2n) is 7.71. The number of nitrogens with zero attached hydrogens (tertiary/aromatic N) is 3. The third kappa shape index (κ3) is 2.42. The van der Waals surface area contributed by atoms with Gasteiger partial charge in [0.2, 0.25) is 0 Å². The van der Waals surface area contributed by atoms with Gasteiger partial charge in [0, 0.05) is 30.7 Å². The van der Waals surface area contributed by atoms with E-state index in [0.29, 0.717) is 0 Å². The molecule has 2 bridgehead atoms. The molecule has 3 atom stereocenters. The zero-order valence-corrected chi connectivity index (χ0v) is 13.1. The van der Waals surface area contributed by atoms with Crippen LogP contribution in [0.4, 0.5) is 0 Å². The molecule has 114 valence electrons. The highest BCUT2D eigenvalue weighted by Crippen LogP contribution is 2.35. The van der Waals surface area contributed by atoms with E-state index in [4.69, 9.17) is 0 Å². The molecule has 0 N–H and O–H groups in total. The molecule has 0 spiro atoms. The zero-order valence-electron chi connectivity index (χ0n) is 13.1. The monoisotopic (exact) mass is 277 g/mol. The lowest BCUT2D eigenvalue weighted by Crippen LogP contribution is -2.56. The van der Waals surface area contributed by atoms with Crippen molar-refractivity contribution in [3.8, 4) is 0 Å². The van der Waals surface area contributed by atoms with Crippen LogP contribution < -0.4 is 0 Å². The second kappa shape index (κ2) is 5.58. The van der Waals surface area contributed by atoms with Gasteiger partial charge in [0.05, 0.1) is 0 Å². The summed E-state index contributed by atoms with van der Waals surface area (Å²) in [5.41, 5.74) is 0. The molecule has 4 saturated heterocycles. The highest BCUT2D eigenvalue weighted by molar-refractivity contribution is 4.96. The van der Waals surface area contributed by atoms with Crippen LogP contribution in [0.5, 0.6) is 0 Å². The first-order valence-electron chi connectivity index (χ1n) is 9.01. The molecule has 4 aliphatic rings. The van der Waals surface area contributed by atoms with Gasteiger partial charge in [-0.2, -0.15) is 0 Å². The molecule has 0 aromatic carbocycles. The molecule has 0 amide bonds. The Hall–Kier alpha value is -0.120. The summed E-state index contributed by atoms with van der Waals surface area (Å²) in [5, 5.41) is 0. The first-order valence-corrected chi connectivity index (χ1v) is 9.01. The van der Waals surface area contributed by atoms with Crippen molar-refractivity contribution in [2.75, 3.05) is 33.2 Å². The van der Waals surface area contributed by atoms with E-state index in [2.05, 4.69) is 21.7 Å². The Bertz CT molecular complexity index is 331. The summed E-state index contributed by atoms with van der Waals surface area (Å²) in [6, 6.07) is 3.55. The molecule has 0 aromatic rings. The van der Waals surface area contributed by atoms with Crippen LogP contribution >= 0.6 is 0 Å². The summed E-state index contributed by atoms with van der Waals surface area (Å²) in [4.78, 5) is 8.38. The number of rotatable bonds is 1. The Morgan fingerprint density at radius 1 is 0.650 bits per heavy atom. The van der Waals surface area contributed by atoms with Crippen molar-refractivity contribution in [3.63, 3.8) is 0 Å². The predicted octanol–water partition coefficient (Wildman–Crippen LogP) is 2.17. The van der Waals surface area contributed by atoms with Gasteiger partial charge < -0.3 is 4.90 Å². The van der Waals surface area contributed by atoms with Crippen LogP contribution in [-0.2, 0) is 0 Å². The molecular weight excluding hydrogens is 246 g/mol. The largest absolute Gasteiger partial charge is 0.300 e. The third-order valence-corrected chi connectivity index (χ3v) is 6.67. The van der Waals surface area contributed by atoms with Crippen molar-refractivity contribution in [2.24, 2.45) is 0 Å². The molecule has 4 aliphatic heterocycles. The summed E-state index contributed by atoms with van der Waals surface area (Å²) >= 11 is 0. The fraction of sp³-hybridized carbons (Fsp3) is 1.00. The molecule has 4 heterocycles. The number of hydrogen-bond acceptors (Lipinski definition) is 3. The summed E-state index contributed by atoms with van der Waals surface area (Å²) in [7, 11) is 2.38. The topological polar surface area (TPSA) is 9.72 Å². The maximum Gasteiger partial charge on any atom is 0.0223 e. The standard InChI is InChI=1S/C17H31N3/c1-18-14-5-2-6-15(18)12-17(11-14)20-10-4-9-19-8-3-7-16(19)13-20/h14-17H,2-13H2,1H3. The van der Waals surface area contributed by atoms with Gasteiger partial charge in [0.15, 0.2) is 0 Å². The van der Waals surface area contributed by atoms with Crippen LogP contribution in [-0.4, -0.2) is 72.1 Å². The highest BCUT2D eigenvalue weighted by Gasteiger charge is 2.39. The van der Waals surface area contributed by atoms with E-state index in [0.717, 1.165) is 24.2 Å². The van der Waals surface area contributed by atoms with E-state index in [-0.39, 0.29) is 0 Å². The summed E-state index contributed by atoms with van der Waals surface area (Å²) in [6.07, 6.45) is 11.6. The van der Waals surface area contributed by atoms with Gasteiger partial charge in [-0.3, -0.25) is 9.80 Å². The van der Waals surface area contributed by atoms with Gasteiger partial charge in [-0.25, -0.2) is 0 Å². The predicted molar refractivity (Wildman–Crippen MR) is 83.0 cm³/mol. The lowest BCUT2D eigenvalue weighted by Gasteiger charge is -2.50. The van der Waals surface area contributed by atoms with Crippen molar-refractivity contribution in [1.29, 1.82) is 0 Å². The minimum absolute atomic E-state index is 0.885. The normalized spacial score (nSPS) is 44.2.